The van der Waals surface area contributed by atoms with Crippen LogP contribution >= 0.6 is 11.6 Å². The molecule has 3 aromatic rings. The number of methoxy groups -OCH3 is 1. The van der Waals surface area contributed by atoms with E-state index in [0.29, 0.717) is 22.2 Å². The number of rotatable bonds is 8. The molecule has 7 nitrogen and oxygen atoms in total. The first-order valence-corrected chi connectivity index (χ1v) is 11.0. The van der Waals surface area contributed by atoms with Crippen LogP contribution in [0.3, 0.4) is 0 Å². The van der Waals surface area contributed by atoms with Crippen molar-refractivity contribution in [3.8, 4) is 5.88 Å². The Morgan fingerprint density at radius 3 is 2.35 bits per heavy atom. The first-order chi connectivity index (χ1) is 14.8. The van der Waals surface area contributed by atoms with Gasteiger partial charge in [-0.1, -0.05) is 23.7 Å². The molecule has 0 saturated heterocycles. The highest BCUT2D eigenvalue weighted by Crippen LogP contribution is 2.23. The summed E-state index contributed by atoms with van der Waals surface area (Å²) < 4.78 is 46.5. The van der Waals surface area contributed by atoms with Crippen molar-refractivity contribution in [3.05, 3.63) is 83.3 Å². The van der Waals surface area contributed by atoms with Gasteiger partial charge in [-0.3, -0.25) is 4.79 Å². The normalized spacial score (nSPS) is 12.2. The van der Waals surface area contributed by atoms with Crippen LogP contribution in [0, 0.1) is 5.82 Å². The van der Waals surface area contributed by atoms with Crippen molar-refractivity contribution < 1.29 is 22.3 Å². The van der Waals surface area contributed by atoms with Gasteiger partial charge in [0.15, 0.2) is 0 Å². The Kier molecular flexibility index (Phi) is 7.21. The standard InChI is InChI=1S/C21H19ClFN3O4S/c1-30-21-11-8-17(13-24-21)25-20(27)12-19(14-2-6-16(23)7-3-14)26-31(28,29)18-9-4-15(22)5-10-18/h2-11,13,19,26H,12H2,1H3,(H,25,27). The van der Waals surface area contributed by atoms with E-state index in [2.05, 4.69) is 15.0 Å². The average Bonchev–Trinajstić information content (AvgIpc) is 2.74. The van der Waals surface area contributed by atoms with Crippen molar-refractivity contribution in [2.75, 3.05) is 12.4 Å². The number of halogens is 2. The summed E-state index contributed by atoms with van der Waals surface area (Å²) in [4.78, 5) is 16.6. The second-order valence-corrected chi connectivity index (χ2v) is 8.67. The molecule has 2 N–H and O–H groups in total. The number of sulfonamides is 1. The van der Waals surface area contributed by atoms with Gasteiger partial charge in [-0.25, -0.2) is 22.5 Å². The van der Waals surface area contributed by atoms with Gasteiger partial charge >= 0.3 is 0 Å². The fourth-order valence-electron chi connectivity index (χ4n) is 2.76. The van der Waals surface area contributed by atoms with Gasteiger partial charge in [0.2, 0.25) is 21.8 Å². The second-order valence-electron chi connectivity index (χ2n) is 6.52. The van der Waals surface area contributed by atoms with Crippen LogP contribution in [0.15, 0.2) is 71.8 Å². The van der Waals surface area contributed by atoms with Crippen LogP contribution in [0.5, 0.6) is 5.88 Å². The maximum atomic E-state index is 13.4. The minimum Gasteiger partial charge on any atom is -0.481 e. The molecule has 1 amide bonds. The molecule has 0 saturated carbocycles. The maximum absolute atomic E-state index is 13.4. The number of hydrogen-bond acceptors (Lipinski definition) is 5. The zero-order valence-electron chi connectivity index (χ0n) is 16.4. The maximum Gasteiger partial charge on any atom is 0.241 e. The summed E-state index contributed by atoms with van der Waals surface area (Å²) in [5, 5.41) is 3.04. The highest BCUT2D eigenvalue weighted by atomic mass is 35.5. The number of benzene rings is 2. The Hall–Kier alpha value is -3.01. The molecule has 10 heteroatoms. The van der Waals surface area contributed by atoms with Gasteiger partial charge in [-0.15, -0.1) is 0 Å². The highest BCUT2D eigenvalue weighted by molar-refractivity contribution is 7.89. The number of ether oxygens (including phenoxy) is 1. The van der Waals surface area contributed by atoms with Gasteiger partial charge in [0, 0.05) is 17.5 Å². The quantitative estimate of drug-likeness (QED) is 0.527. The fourth-order valence-corrected chi connectivity index (χ4v) is 4.11. The number of pyridine rings is 1. The van der Waals surface area contributed by atoms with Crippen LogP contribution in [-0.2, 0) is 14.8 Å². The minimum atomic E-state index is -3.97. The van der Waals surface area contributed by atoms with Crippen LogP contribution in [0.1, 0.15) is 18.0 Å². The van der Waals surface area contributed by atoms with Gasteiger partial charge in [0.25, 0.3) is 0 Å². The lowest BCUT2D eigenvalue weighted by atomic mass is 10.0. The minimum absolute atomic E-state index is 0.0104. The lowest BCUT2D eigenvalue weighted by Crippen LogP contribution is -2.31. The average molecular weight is 464 g/mol. The van der Waals surface area contributed by atoms with Crippen LogP contribution < -0.4 is 14.8 Å². The van der Waals surface area contributed by atoms with Crippen LogP contribution in [0.4, 0.5) is 10.1 Å². The van der Waals surface area contributed by atoms with E-state index in [0.717, 1.165) is 0 Å². The number of hydrogen-bond donors (Lipinski definition) is 2. The number of nitrogens with one attached hydrogen (secondary N) is 2. The monoisotopic (exact) mass is 463 g/mol. The number of carbonyl (C=O) groups is 1. The number of amides is 1. The largest absolute Gasteiger partial charge is 0.481 e. The zero-order valence-corrected chi connectivity index (χ0v) is 18.0. The van der Waals surface area contributed by atoms with Gasteiger partial charge < -0.3 is 10.1 Å². The Bertz CT molecular complexity index is 1140. The van der Waals surface area contributed by atoms with E-state index in [4.69, 9.17) is 16.3 Å². The van der Waals surface area contributed by atoms with Gasteiger partial charge in [-0.2, -0.15) is 0 Å². The first kappa shape index (κ1) is 22.7. The van der Waals surface area contributed by atoms with Crippen molar-refractivity contribution in [2.45, 2.75) is 17.4 Å². The third kappa shape index (κ3) is 6.24. The zero-order chi connectivity index (χ0) is 22.4. The molecule has 3 rings (SSSR count). The molecule has 2 aromatic carbocycles. The van der Waals surface area contributed by atoms with Crippen molar-refractivity contribution in [3.63, 3.8) is 0 Å². The molecule has 1 unspecified atom stereocenters. The molecular weight excluding hydrogens is 445 g/mol. The number of anilines is 1. The van der Waals surface area contributed by atoms with E-state index < -0.39 is 27.8 Å². The summed E-state index contributed by atoms with van der Waals surface area (Å²) in [6.45, 7) is 0. The molecule has 0 spiro atoms. The van der Waals surface area contributed by atoms with Crippen molar-refractivity contribution in [1.29, 1.82) is 0 Å². The Labute approximate surface area is 184 Å². The molecule has 0 fully saturated rings. The first-order valence-electron chi connectivity index (χ1n) is 9.10. The van der Waals surface area contributed by atoms with Crippen molar-refractivity contribution in [2.24, 2.45) is 0 Å². The van der Waals surface area contributed by atoms with Crippen molar-refractivity contribution >= 4 is 33.2 Å². The third-order valence-corrected chi connectivity index (χ3v) is 6.05. The molecule has 162 valence electrons. The van der Waals surface area contributed by atoms with E-state index in [1.54, 1.807) is 12.1 Å². The molecule has 1 heterocycles. The van der Waals surface area contributed by atoms with Crippen LogP contribution in [0.25, 0.3) is 0 Å². The summed E-state index contributed by atoms with van der Waals surface area (Å²) in [5.41, 5.74) is 0.853. The Morgan fingerprint density at radius 2 is 1.77 bits per heavy atom. The lowest BCUT2D eigenvalue weighted by Gasteiger charge is -2.19. The Balaban J connectivity index is 1.81. The summed E-state index contributed by atoms with van der Waals surface area (Å²) in [6, 6.07) is 13.1. The molecule has 0 bridgehead atoms. The summed E-state index contributed by atoms with van der Waals surface area (Å²) >= 11 is 5.83. The van der Waals surface area contributed by atoms with E-state index in [1.807, 2.05) is 0 Å². The van der Waals surface area contributed by atoms with Crippen LogP contribution in [-0.4, -0.2) is 26.4 Å². The predicted octanol–water partition coefficient (Wildman–Crippen LogP) is 3.93. The highest BCUT2D eigenvalue weighted by Gasteiger charge is 2.24. The van der Waals surface area contributed by atoms with E-state index in [9.17, 15) is 17.6 Å². The third-order valence-electron chi connectivity index (χ3n) is 4.31. The molecular formula is C21H19ClFN3O4S. The number of carbonyl (C=O) groups excluding carboxylic acids is 1. The summed E-state index contributed by atoms with van der Waals surface area (Å²) in [6.07, 6.45) is 1.19. The summed E-state index contributed by atoms with van der Waals surface area (Å²) in [5.74, 6) is -0.546. The predicted molar refractivity (Wildman–Crippen MR) is 115 cm³/mol. The molecule has 0 aliphatic heterocycles. The number of aromatic nitrogens is 1. The second kappa shape index (κ2) is 9.86. The van der Waals surface area contributed by atoms with Gasteiger partial charge in [0.1, 0.15) is 5.82 Å². The topological polar surface area (TPSA) is 97.4 Å². The molecule has 0 radical (unpaired) electrons. The molecule has 1 aromatic heterocycles. The molecule has 0 aliphatic rings. The van der Waals surface area contributed by atoms with Gasteiger partial charge in [-0.05, 0) is 48.0 Å². The fraction of sp³-hybridized carbons (Fsp3) is 0.143. The molecule has 0 aliphatic carbocycles. The lowest BCUT2D eigenvalue weighted by molar-refractivity contribution is -0.116. The SMILES string of the molecule is COc1ccc(NC(=O)CC(NS(=O)(=O)c2ccc(Cl)cc2)c2ccc(F)cc2)cn1. The molecule has 31 heavy (non-hydrogen) atoms. The van der Waals surface area contributed by atoms with Gasteiger partial charge in [0.05, 0.1) is 29.9 Å². The van der Waals surface area contributed by atoms with Crippen LogP contribution in [0.2, 0.25) is 5.02 Å². The van der Waals surface area contributed by atoms with E-state index in [-0.39, 0.29) is 11.3 Å². The summed E-state index contributed by atoms with van der Waals surface area (Å²) in [7, 11) is -2.50. The Morgan fingerprint density at radius 1 is 1.10 bits per heavy atom. The molecule has 1 atom stereocenters. The van der Waals surface area contributed by atoms with E-state index >= 15 is 0 Å². The van der Waals surface area contributed by atoms with Crippen molar-refractivity contribution in [1.82, 2.24) is 9.71 Å². The smallest absolute Gasteiger partial charge is 0.241 e. The number of nitrogens with zero attached hydrogens (tertiary/aromatic N) is 1. The van der Waals surface area contributed by atoms with E-state index in [1.165, 1.54) is 61.8 Å².